The van der Waals surface area contributed by atoms with Gasteiger partial charge in [-0.1, -0.05) is 6.08 Å². The van der Waals surface area contributed by atoms with Gasteiger partial charge in [0, 0.05) is 6.42 Å². The summed E-state index contributed by atoms with van der Waals surface area (Å²) in [6.45, 7) is 4.08. The Kier molecular flexibility index (Phi) is 2.29. The van der Waals surface area contributed by atoms with Crippen LogP contribution < -0.4 is 0 Å². The molecule has 2 bridgehead atoms. The molecule has 0 aromatic heterocycles. The number of hydrogen-bond acceptors (Lipinski definition) is 3. The van der Waals surface area contributed by atoms with Crippen LogP contribution in [0.2, 0.25) is 0 Å². The van der Waals surface area contributed by atoms with Crippen LogP contribution in [0.4, 0.5) is 0 Å². The number of carbonyl (C=O) groups is 1. The second-order valence-electron chi connectivity index (χ2n) is 3.25. The van der Waals surface area contributed by atoms with Crippen molar-refractivity contribution in [2.75, 3.05) is 6.61 Å². The molecule has 13 heavy (non-hydrogen) atoms. The predicted octanol–water partition coefficient (Wildman–Crippen LogP) is 0.854. The minimum absolute atomic E-state index is 0.0192. The number of fused-ring (bicyclic) bond motifs is 2. The number of carbonyl (C=O) groups excluding carboxylic acids is 1. The molecule has 3 heteroatoms. The van der Waals surface area contributed by atoms with Gasteiger partial charge in [0.15, 0.2) is 5.78 Å². The predicted molar refractivity (Wildman–Crippen MR) is 47.4 cm³/mol. The Morgan fingerprint density at radius 2 is 2.62 bits per heavy atom. The van der Waals surface area contributed by atoms with Crippen LogP contribution in [-0.4, -0.2) is 30.7 Å². The summed E-state index contributed by atoms with van der Waals surface area (Å²) in [4.78, 5) is 11.2. The first-order valence-corrected chi connectivity index (χ1v) is 4.41. The van der Waals surface area contributed by atoms with Gasteiger partial charge in [0.05, 0.1) is 12.7 Å². The summed E-state index contributed by atoms with van der Waals surface area (Å²) >= 11 is 0. The van der Waals surface area contributed by atoms with Crippen LogP contribution in [0.3, 0.4) is 0 Å². The van der Waals surface area contributed by atoms with Gasteiger partial charge in [0.2, 0.25) is 0 Å². The Morgan fingerprint density at radius 1 is 1.77 bits per heavy atom. The maximum Gasteiger partial charge on any atom is 0.184 e. The van der Waals surface area contributed by atoms with Crippen LogP contribution in [-0.2, 0) is 14.3 Å². The van der Waals surface area contributed by atoms with Crippen LogP contribution in [0.1, 0.15) is 6.42 Å². The SMILES string of the molecule is C=CCO[C@@H]1C[C@H]2O[C@@H]1C=CC2=O. The molecule has 0 aliphatic carbocycles. The molecular weight excluding hydrogens is 168 g/mol. The van der Waals surface area contributed by atoms with Crippen molar-refractivity contribution < 1.29 is 14.3 Å². The molecule has 2 aliphatic rings. The van der Waals surface area contributed by atoms with Gasteiger partial charge >= 0.3 is 0 Å². The molecule has 0 spiro atoms. The third kappa shape index (κ3) is 1.57. The summed E-state index contributed by atoms with van der Waals surface area (Å²) < 4.78 is 10.9. The number of hydrogen-bond donors (Lipinski definition) is 0. The molecule has 0 N–H and O–H groups in total. The van der Waals surface area contributed by atoms with E-state index in [-0.39, 0.29) is 24.1 Å². The minimum Gasteiger partial charge on any atom is -0.371 e. The monoisotopic (exact) mass is 180 g/mol. The number of ketones is 1. The fourth-order valence-electron chi connectivity index (χ4n) is 1.68. The van der Waals surface area contributed by atoms with E-state index < -0.39 is 0 Å². The average molecular weight is 180 g/mol. The van der Waals surface area contributed by atoms with E-state index in [9.17, 15) is 4.79 Å². The summed E-state index contributed by atoms with van der Waals surface area (Å²) in [5, 5.41) is 0. The Morgan fingerprint density at radius 3 is 3.31 bits per heavy atom. The molecule has 0 radical (unpaired) electrons. The summed E-state index contributed by atoms with van der Waals surface area (Å²) in [5.74, 6) is 0.0564. The highest BCUT2D eigenvalue weighted by molar-refractivity contribution is 5.94. The Balaban J connectivity index is 2.00. The van der Waals surface area contributed by atoms with Crippen LogP contribution in [0, 0.1) is 0 Å². The van der Waals surface area contributed by atoms with Crippen molar-refractivity contribution in [1.29, 1.82) is 0 Å². The van der Waals surface area contributed by atoms with Crippen molar-refractivity contribution in [2.24, 2.45) is 0 Å². The molecule has 0 amide bonds. The van der Waals surface area contributed by atoms with E-state index in [1.807, 2.05) is 0 Å². The van der Waals surface area contributed by atoms with Crippen molar-refractivity contribution in [1.82, 2.24) is 0 Å². The van der Waals surface area contributed by atoms with Gasteiger partial charge in [0.1, 0.15) is 12.2 Å². The third-order valence-electron chi connectivity index (χ3n) is 2.33. The Bertz CT molecular complexity index is 257. The molecule has 2 rings (SSSR count). The van der Waals surface area contributed by atoms with E-state index in [2.05, 4.69) is 6.58 Å². The van der Waals surface area contributed by atoms with E-state index in [1.54, 1.807) is 18.2 Å². The summed E-state index contributed by atoms with van der Waals surface area (Å²) in [5.41, 5.74) is 0. The molecule has 0 unspecified atom stereocenters. The zero-order valence-corrected chi connectivity index (χ0v) is 7.31. The molecular formula is C10H12O3. The first kappa shape index (κ1) is 8.66. The summed E-state index contributed by atoms with van der Waals surface area (Å²) in [6.07, 6.45) is 5.45. The largest absolute Gasteiger partial charge is 0.371 e. The molecule has 0 saturated carbocycles. The molecule has 3 atom stereocenters. The second kappa shape index (κ2) is 3.44. The summed E-state index contributed by atoms with van der Waals surface area (Å²) in [6, 6.07) is 0. The highest BCUT2D eigenvalue weighted by atomic mass is 16.6. The van der Waals surface area contributed by atoms with Gasteiger partial charge in [-0.05, 0) is 12.2 Å². The van der Waals surface area contributed by atoms with Gasteiger partial charge in [0.25, 0.3) is 0 Å². The standard InChI is InChI=1S/C10H12O3/c1-2-5-12-10-6-9-7(11)3-4-8(10)13-9/h2-4,8-10H,1,5-6H2/t8-,9-,10-/m1/s1. The fraction of sp³-hybridized carbons (Fsp3) is 0.500. The summed E-state index contributed by atoms with van der Waals surface area (Å²) in [7, 11) is 0. The molecule has 1 saturated heterocycles. The molecule has 3 nitrogen and oxygen atoms in total. The van der Waals surface area contributed by atoms with E-state index in [1.165, 1.54) is 0 Å². The van der Waals surface area contributed by atoms with Crippen LogP contribution in [0.25, 0.3) is 0 Å². The first-order valence-electron chi connectivity index (χ1n) is 4.41. The lowest BCUT2D eigenvalue weighted by Gasteiger charge is -2.15. The van der Waals surface area contributed by atoms with E-state index in [0.717, 1.165) is 0 Å². The first-order chi connectivity index (χ1) is 6.31. The molecule has 70 valence electrons. The van der Waals surface area contributed by atoms with Gasteiger partial charge in [-0.3, -0.25) is 4.79 Å². The smallest absolute Gasteiger partial charge is 0.184 e. The van der Waals surface area contributed by atoms with Crippen LogP contribution >= 0.6 is 0 Å². The van der Waals surface area contributed by atoms with Crippen molar-refractivity contribution >= 4 is 5.78 Å². The van der Waals surface area contributed by atoms with Crippen molar-refractivity contribution in [2.45, 2.75) is 24.7 Å². The quantitative estimate of drug-likeness (QED) is 0.604. The van der Waals surface area contributed by atoms with Gasteiger partial charge in [-0.2, -0.15) is 0 Å². The fourth-order valence-corrected chi connectivity index (χ4v) is 1.68. The van der Waals surface area contributed by atoms with E-state index in [0.29, 0.717) is 13.0 Å². The van der Waals surface area contributed by atoms with E-state index >= 15 is 0 Å². The molecule has 0 aromatic carbocycles. The highest BCUT2D eigenvalue weighted by Crippen LogP contribution is 2.28. The zero-order chi connectivity index (χ0) is 9.26. The number of rotatable bonds is 3. The Hall–Kier alpha value is -0.930. The van der Waals surface area contributed by atoms with Gasteiger partial charge in [-0.25, -0.2) is 0 Å². The lowest BCUT2D eigenvalue weighted by atomic mass is 10.1. The lowest BCUT2D eigenvalue weighted by molar-refractivity contribution is -0.125. The molecule has 0 aromatic rings. The second-order valence-corrected chi connectivity index (χ2v) is 3.25. The van der Waals surface area contributed by atoms with Crippen molar-refractivity contribution in [3.05, 3.63) is 24.8 Å². The molecule has 1 fully saturated rings. The maximum atomic E-state index is 11.2. The topological polar surface area (TPSA) is 35.5 Å². The molecule has 2 heterocycles. The van der Waals surface area contributed by atoms with Crippen molar-refractivity contribution in [3.63, 3.8) is 0 Å². The van der Waals surface area contributed by atoms with Crippen LogP contribution in [0.5, 0.6) is 0 Å². The van der Waals surface area contributed by atoms with Gasteiger partial charge < -0.3 is 9.47 Å². The maximum absolute atomic E-state index is 11.2. The van der Waals surface area contributed by atoms with Crippen molar-refractivity contribution in [3.8, 4) is 0 Å². The normalized spacial score (nSPS) is 36.6. The van der Waals surface area contributed by atoms with Crippen LogP contribution in [0.15, 0.2) is 24.8 Å². The number of ether oxygens (including phenoxy) is 2. The molecule has 2 aliphatic heterocycles. The average Bonchev–Trinajstić information content (AvgIpc) is 2.48. The van der Waals surface area contributed by atoms with Gasteiger partial charge in [-0.15, -0.1) is 6.58 Å². The van der Waals surface area contributed by atoms with E-state index in [4.69, 9.17) is 9.47 Å². The third-order valence-corrected chi connectivity index (χ3v) is 2.33. The Labute approximate surface area is 77.0 Å². The minimum atomic E-state index is -0.273. The lowest BCUT2D eigenvalue weighted by Crippen LogP contribution is -2.25. The zero-order valence-electron chi connectivity index (χ0n) is 7.31. The highest BCUT2D eigenvalue weighted by Gasteiger charge is 2.40.